The zero-order valence-corrected chi connectivity index (χ0v) is 15.7. The molecule has 1 amide bonds. The number of nitrogens with zero attached hydrogens (tertiary/aromatic N) is 1. The van der Waals surface area contributed by atoms with Gasteiger partial charge in [-0.15, -0.1) is 0 Å². The average Bonchev–Trinajstić information content (AvgIpc) is 3.03. The molecular weight excluding hydrogens is 346 g/mol. The predicted octanol–water partition coefficient (Wildman–Crippen LogP) is 4.85. The molecule has 0 saturated heterocycles. The number of hydrogen-bond donors (Lipinski definition) is 1. The van der Waals surface area contributed by atoms with Crippen molar-refractivity contribution < 1.29 is 9.90 Å². The van der Waals surface area contributed by atoms with E-state index >= 15 is 0 Å². The van der Waals surface area contributed by atoms with E-state index in [1.165, 1.54) is 5.56 Å². The van der Waals surface area contributed by atoms with Gasteiger partial charge in [0.2, 0.25) is 0 Å². The second kappa shape index (κ2) is 8.24. The number of aliphatic hydroxyl groups is 1. The molecule has 1 aliphatic rings. The zero-order valence-electron chi connectivity index (χ0n) is 15.7. The minimum absolute atomic E-state index is 0.0514. The van der Waals surface area contributed by atoms with Crippen LogP contribution in [0.4, 0.5) is 0 Å². The molecule has 3 heteroatoms. The number of amides is 1. The van der Waals surface area contributed by atoms with Crippen LogP contribution in [0, 0.1) is 0 Å². The van der Waals surface area contributed by atoms with Gasteiger partial charge < -0.3 is 5.11 Å². The number of rotatable bonds is 6. The second-order valence-corrected chi connectivity index (χ2v) is 6.94. The Labute approximate surface area is 165 Å². The van der Waals surface area contributed by atoms with Crippen molar-refractivity contribution >= 4 is 11.6 Å². The lowest BCUT2D eigenvalue weighted by atomic mass is 10.0. The van der Waals surface area contributed by atoms with Crippen molar-refractivity contribution in [3.8, 4) is 0 Å². The van der Waals surface area contributed by atoms with E-state index in [0.717, 1.165) is 29.7 Å². The van der Waals surface area contributed by atoms with Crippen molar-refractivity contribution in [3.05, 3.63) is 113 Å². The smallest absolute Gasteiger partial charge is 0.259 e. The molecule has 1 N–H and O–H groups in total. The molecule has 0 aromatic heterocycles. The van der Waals surface area contributed by atoms with Crippen LogP contribution in [-0.2, 0) is 6.42 Å². The van der Waals surface area contributed by atoms with Gasteiger partial charge in [-0.05, 0) is 30.0 Å². The third-order valence-corrected chi connectivity index (χ3v) is 5.19. The van der Waals surface area contributed by atoms with Gasteiger partial charge in [0.15, 0.2) is 0 Å². The first-order valence-electron chi connectivity index (χ1n) is 9.62. The molecule has 1 aliphatic heterocycles. The Hall–Kier alpha value is -3.17. The second-order valence-electron chi connectivity index (χ2n) is 6.94. The lowest BCUT2D eigenvalue weighted by Gasteiger charge is -2.28. The molecule has 0 saturated carbocycles. The Kier molecular flexibility index (Phi) is 5.36. The fourth-order valence-electron chi connectivity index (χ4n) is 3.81. The van der Waals surface area contributed by atoms with Crippen molar-refractivity contribution in [1.82, 2.24) is 4.90 Å². The highest BCUT2D eigenvalue weighted by Crippen LogP contribution is 2.39. The fraction of sp³-hybridized carbons (Fsp3) is 0.160. The van der Waals surface area contributed by atoms with E-state index in [-0.39, 0.29) is 12.5 Å². The van der Waals surface area contributed by atoms with Gasteiger partial charge in [0.05, 0.1) is 12.6 Å². The quantitative estimate of drug-likeness (QED) is 0.675. The summed E-state index contributed by atoms with van der Waals surface area (Å²) in [5.41, 5.74) is 4.72. The Balaban J connectivity index is 1.69. The van der Waals surface area contributed by atoms with Crippen molar-refractivity contribution in [2.45, 2.75) is 18.9 Å². The van der Waals surface area contributed by atoms with Crippen molar-refractivity contribution in [2.75, 3.05) is 6.61 Å². The molecule has 140 valence electrons. The lowest BCUT2D eigenvalue weighted by Crippen LogP contribution is -2.31. The van der Waals surface area contributed by atoms with Gasteiger partial charge in [-0.25, -0.2) is 0 Å². The summed E-state index contributed by atoms with van der Waals surface area (Å²) in [6.45, 7) is -0.125. The molecule has 3 nitrogen and oxygen atoms in total. The van der Waals surface area contributed by atoms with E-state index in [1.807, 2.05) is 72.8 Å². The van der Waals surface area contributed by atoms with Crippen LogP contribution in [0.1, 0.15) is 39.5 Å². The van der Waals surface area contributed by atoms with Gasteiger partial charge >= 0.3 is 0 Å². The summed E-state index contributed by atoms with van der Waals surface area (Å²) in [5, 5.41) is 10.1. The van der Waals surface area contributed by atoms with E-state index in [0.29, 0.717) is 5.56 Å². The number of allylic oxidation sites excluding steroid dienone is 1. The summed E-state index contributed by atoms with van der Waals surface area (Å²) in [4.78, 5) is 14.9. The normalized spacial score (nSPS) is 15.7. The van der Waals surface area contributed by atoms with Gasteiger partial charge in [-0.1, -0.05) is 84.9 Å². The molecular formula is C25H23NO2. The van der Waals surface area contributed by atoms with Crippen molar-refractivity contribution in [2.24, 2.45) is 0 Å². The number of fused-ring (bicyclic) bond motifs is 1. The van der Waals surface area contributed by atoms with Gasteiger partial charge in [0, 0.05) is 16.8 Å². The van der Waals surface area contributed by atoms with Gasteiger partial charge in [0.1, 0.15) is 0 Å². The maximum Gasteiger partial charge on any atom is 0.259 e. The van der Waals surface area contributed by atoms with Gasteiger partial charge in [-0.3, -0.25) is 9.69 Å². The van der Waals surface area contributed by atoms with Crippen molar-refractivity contribution in [3.63, 3.8) is 0 Å². The highest BCUT2D eigenvalue weighted by atomic mass is 16.3. The highest BCUT2D eigenvalue weighted by Gasteiger charge is 2.36. The third-order valence-electron chi connectivity index (χ3n) is 5.19. The molecule has 1 heterocycles. The molecule has 0 bridgehead atoms. The molecule has 1 atom stereocenters. The number of aliphatic hydroxyl groups excluding tert-OH is 1. The van der Waals surface area contributed by atoms with E-state index in [9.17, 15) is 9.90 Å². The van der Waals surface area contributed by atoms with Gasteiger partial charge in [-0.2, -0.15) is 0 Å². The van der Waals surface area contributed by atoms with Crippen LogP contribution in [-0.4, -0.2) is 22.5 Å². The van der Waals surface area contributed by atoms with E-state index in [4.69, 9.17) is 0 Å². The molecule has 3 aromatic rings. The summed E-state index contributed by atoms with van der Waals surface area (Å²) >= 11 is 0. The van der Waals surface area contributed by atoms with Crippen LogP contribution < -0.4 is 0 Å². The summed E-state index contributed by atoms with van der Waals surface area (Å²) in [5.74, 6) is -0.0514. The van der Waals surface area contributed by atoms with Crippen molar-refractivity contribution in [1.29, 1.82) is 0 Å². The van der Waals surface area contributed by atoms with Crippen LogP contribution in [0.5, 0.6) is 0 Å². The van der Waals surface area contributed by atoms with Crippen LogP contribution in [0.25, 0.3) is 5.70 Å². The highest BCUT2D eigenvalue weighted by molar-refractivity contribution is 6.09. The molecule has 0 aliphatic carbocycles. The number of carbonyl (C=O) groups is 1. The molecule has 3 aromatic carbocycles. The molecule has 0 fully saturated rings. The lowest BCUT2D eigenvalue weighted by molar-refractivity contribution is 0.0747. The Morgan fingerprint density at radius 2 is 1.43 bits per heavy atom. The van der Waals surface area contributed by atoms with Crippen LogP contribution in [0.2, 0.25) is 0 Å². The Morgan fingerprint density at radius 1 is 0.821 bits per heavy atom. The molecule has 4 rings (SSSR count). The van der Waals surface area contributed by atoms with Crippen LogP contribution in [0.3, 0.4) is 0 Å². The van der Waals surface area contributed by atoms with E-state index in [2.05, 4.69) is 18.2 Å². The average molecular weight is 369 g/mol. The van der Waals surface area contributed by atoms with Crippen LogP contribution in [0.15, 0.2) is 91.0 Å². The van der Waals surface area contributed by atoms with Crippen LogP contribution >= 0.6 is 0 Å². The number of aryl methyl sites for hydroxylation is 1. The SMILES string of the molecule is O=C1c2ccccc2C(=CCCc2ccccc2)N1C(CO)c1ccccc1. The first-order valence-corrected chi connectivity index (χ1v) is 9.62. The number of benzene rings is 3. The summed E-state index contributed by atoms with van der Waals surface area (Å²) < 4.78 is 0. The minimum atomic E-state index is -0.399. The number of hydrogen-bond acceptors (Lipinski definition) is 2. The summed E-state index contributed by atoms with van der Waals surface area (Å²) in [7, 11) is 0. The largest absolute Gasteiger partial charge is 0.394 e. The maximum atomic E-state index is 13.2. The monoisotopic (exact) mass is 369 g/mol. The topological polar surface area (TPSA) is 40.5 Å². The maximum absolute atomic E-state index is 13.2. The van der Waals surface area contributed by atoms with Gasteiger partial charge in [0.25, 0.3) is 5.91 Å². The summed E-state index contributed by atoms with van der Waals surface area (Å²) in [6.07, 6.45) is 3.86. The number of carbonyl (C=O) groups excluding carboxylic acids is 1. The van der Waals surface area contributed by atoms with E-state index in [1.54, 1.807) is 4.90 Å². The molecule has 28 heavy (non-hydrogen) atoms. The fourth-order valence-corrected chi connectivity index (χ4v) is 3.81. The molecule has 0 radical (unpaired) electrons. The molecule has 0 spiro atoms. The Bertz CT molecular complexity index is 980. The van der Waals surface area contributed by atoms with E-state index < -0.39 is 6.04 Å². The Morgan fingerprint density at radius 3 is 2.11 bits per heavy atom. The minimum Gasteiger partial charge on any atom is -0.394 e. The molecule has 1 unspecified atom stereocenters. The third kappa shape index (κ3) is 3.49. The predicted molar refractivity (Wildman–Crippen MR) is 112 cm³/mol. The summed E-state index contributed by atoms with van der Waals surface area (Å²) in [6, 6.07) is 27.3. The standard InChI is InChI=1S/C25H23NO2/c27-18-24(20-13-5-2-6-14-20)26-23(17-9-12-19-10-3-1-4-11-19)21-15-7-8-16-22(21)25(26)28/h1-8,10-11,13-17,24,27H,9,12,18H2. The first kappa shape index (κ1) is 18.2. The first-order chi connectivity index (χ1) is 13.8. The zero-order chi connectivity index (χ0) is 19.3.